The predicted molar refractivity (Wildman–Crippen MR) is 103 cm³/mol. The molecule has 2 heterocycles. The number of nitrogens with zero attached hydrogens (tertiary/aromatic N) is 2. The van der Waals surface area contributed by atoms with E-state index in [0.717, 1.165) is 0 Å². The van der Waals surface area contributed by atoms with E-state index in [1.165, 1.54) is 36.4 Å². The quantitative estimate of drug-likeness (QED) is 0.306. The molecule has 0 saturated heterocycles. The first kappa shape index (κ1) is 18.3. The third-order valence-corrected chi connectivity index (χ3v) is 4.38. The number of hydrogen-bond donors (Lipinski definition) is 1. The third kappa shape index (κ3) is 3.68. The van der Waals surface area contributed by atoms with E-state index < -0.39 is 22.8 Å². The van der Waals surface area contributed by atoms with E-state index in [1.54, 1.807) is 36.5 Å². The van der Waals surface area contributed by atoms with Crippen molar-refractivity contribution in [3.8, 4) is 0 Å². The van der Waals surface area contributed by atoms with Crippen LogP contribution in [0.1, 0.15) is 27.8 Å². The zero-order valence-electron chi connectivity index (χ0n) is 14.9. The summed E-state index contributed by atoms with van der Waals surface area (Å²) < 4.78 is 19.4. The van der Waals surface area contributed by atoms with E-state index in [4.69, 9.17) is 4.74 Å². The summed E-state index contributed by atoms with van der Waals surface area (Å²) in [4.78, 5) is 30.4. The number of pyridine rings is 1. The fourth-order valence-corrected chi connectivity index (χ4v) is 3.07. The van der Waals surface area contributed by atoms with Gasteiger partial charge < -0.3 is 9.72 Å². The number of aromatic nitrogens is 2. The van der Waals surface area contributed by atoms with Gasteiger partial charge >= 0.3 is 5.97 Å². The molecule has 0 amide bonds. The first-order valence-electron chi connectivity index (χ1n) is 8.66. The lowest BCUT2D eigenvalue weighted by atomic mass is 10.1. The number of benzene rings is 2. The molecule has 0 aliphatic carbocycles. The number of H-pyrrole nitrogens is 1. The molecule has 144 valence electrons. The summed E-state index contributed by atoms with van der Waals surface area (Å²) in [6.07, 6.45) is 0.600. The number of hydrogen-bond acceptors (Lipinski definition) is 5. The SMILES string of the molecule is O=C(OC(c1cccc(F)c1)c1ccccn1)c1cc2cccc([N+](=O)[O-])c2[nH]1. The number of aromatic amines is 1. The van der Waals surface area contributed by atoms with Gasteiger partial charge in [0.25, 0.3) is 5.69 Å². The zero-order valence-corrected chi connectivity index (χ0v) is 14.9. The summed E-state index contributed by atoms with van der Waals surface area (Å²) in [6, 6.07) is 16.8. The Morgan fingerprint density at radius 2 is 1.93 bits per heavy atom. The summed E-state index contributed by atoms with van der Waals surface area (Å²) in [5.41, 5.74) is 0.969. The van der Waals surface area contributed by atoms with E-state index in [0.29, 0.717) is 16.6 Å². The fraction of sp³-hybridized carbons (Fsp3) is 0.0476. The number of nitro groups is 1. The molecule has 0 aliphatic rings. The van der Waals surface area contributed by atoms with Crippen molar-refractivity contribution in [1.82, 2.24) is 9.97 Å². The molecular formula is C21H14FN3O4. The van der Waals surface area contributed by atoms with Crippen LogP contribution in [-0.2, 0) is 4.74 Å². The molecule has 4 rings (SSSR count). The maximum Gasteiger partial charge on any atom is 0.355 e. The summed E-state index contributed by atoms with van der Waals surface area (Å²) >= 11 is 0. The molecule has 0 spiro atoms. The molecule has 4 aromatic rings. The summed E-state index contributed by atoms with van der Waals surface area (Å²) in [5.74, 6) is -1.21. The highest BCUT2D eigenvalue weighted by molar-refractivity contribution is 5.97. The lowest BCUT2D eigenvalue weighted by molar-refractivity contribution is -0.383. The van der Waals surface area contributed by atoms with Crippen LogP contribution in [0, 0.1) is 15.9 Å². The number of halogens is 1. The molecule has 2 aromatic carbocycles. The zero-order chi connectivity index (χ0) is 20.4. The number of non-ortho nitro benzene ring substituents is 1. The number of fused-ring (bicyclic) bond motifs is 1. The molecule has 1 atom stereocenters. The Bertz CT molecular complexity index is 1210. The van der Waals surface area contributed by atoms with Gasteiger partial charge in [-0.2, -0.15) is 0 Å². The third-order valence-electron chi connectivity index (χ3n) is 4.38. The Hall–Kier alpha value is -4.07. The van der Waals surface area contributed by atoms with Gasteiger partial charge in [-0.3, -0.25) is 15.1 Å². The van der Waals surface area contributed by atoms with Crippen molar-refractivity contribution >= 4 is 22.6 Å². The molecule has 29 heavy (non-hydrogen) atoms. The average Bonchev–Trinajstić information content (AvgIpc) is 3.17. The molecule has 0 radical (unpaired) electrons. The highest BCUT2D eigenvalue weighted by atomic mass is 19.1. The van der Waals surface area contributed by atoms with Crippen molar-refractivity contribution in [3.63, 3.8) is 0 Å². The van der Waals surface area contributed by atoms with Gasteiger partial charge in [-0.05, 0) is 30.3 Å². The van der Waals surface area contributed by atoms with Gasteiger partial charge in [0.2, 0.25) is 0 Å². The van der Waals surface area contributed by atoms with Crippen molar-refractivity contribution in [3.05, 3.63) is 106 Å². The summed E-state index contributed by atoms with van der Waals surface area (Å²) in [5, 5.41) is 11.7. The minimum absolute atomic E-state index is 0.0478. The first-order chi connectivity index (χ1) is 14.0. The first-order valence-corrected chi connectivity index (χ1v) is 8.66. The highest BCUT2D eigenvalue weighted by Gasteiger charge is 2.24. The van der Waals surface area contributed by atoms with E-state index in [1.807, 2.05) is 0 Å². The van der Waals surface area contributed by atoms with Crippen LogP contribution in [-0.4, -0.2) is 20.9 Å². The number of para-hydroxylation sites is 1. The Labute approximate surface area is 163 Å². The second kappa shape index (κ2) is 7.51. The fourth-order valence-electron chi connectivity index (χ4n) is 3.07. The Morgan fingerprint density at radius 1 is 1.10 bits per heavy atom. The molecule has 1 N–H and O–H groups in total. The van der Waals surface area contributed by atoms with Crippen molar-refractivity contribution in [2.24, 2.45) is 0 Å². The van der Waals surface area contributed by atoms with Gasteiger partial charge in [-0.1, -0.05) is 30.3 Å². The van der Waals surface area contributed by atoms with E-state index >= 15 is 0 Å². The maximum absolute atomic E-state index is 13.7. The average molecular weight is 391 g/mol. The number of ether oxygens (including phenoxy) is 1. The van der Waals surface area contributed by atoms with Crippen molar-refractivity contribution in [1.29, 1.82) is 0 Å². The number of carbonyl (C=O) groups is 1. The minimum Gasteiger partial charge on any atom is -0.446 e. The van der Waals surface area contributed by atoms with Crippen LogP contribution in [0.25, 0.3) is 10.9 Å². The monoisotopic (exact) mass is 391 g/mol. The molecule has 1 unspecified atom stereocenters. The van der Waals surface area contributed by atoms with Crippen LogP contribution in [0.4, 0.5) is 10.1 Å². The molecule has 8 heteroatoms. The second-order valence-corrected chi connectivity index (χ2v) is 6.28. The summed E-state index contributed by atoms with van der Waals surface area (Å²) in [7, 11) is 0. The van der Waals surface area contributed by atoms with Gasteiger partial charge in [0, 0.05) is 23.2 Å². The van der Waals surface area contributed by atoms with Crippen LogP contribution < -0.4 is 0 Å². The predicted octanol–water partition coefficient (Wildman–Crippen LogP) is 4.56. The number of carbonyl (C=O) groups excluding carboxylic acids is 1. The van der Waals surface area contributed by atoms with E-state index in [9.17, 15) is 19.3 Å². The minimum atomic E-state index is -0.944. The topological polar surface area (TPSA) is 98.1 Å². The van der Waals surface area contributed by atoms with E-state index in [2.05, 4.69) is 9.97 Å². The standard InChI is InChI=1S/C21H14FN3O4/c22-15-7-3-6-14(11-15)20(16-8-1-2-10-23-16)29-21(26)17-12-13-5-4-9-18(25(27)28)19(13)24-17/h1-12,20,24H. The lowest BCUT2D eigenvalue weighted by Gasteiger charge is -2.17. The summed E-state index contributed by atoms with van der Waals surface area (Å²) in [6.45, 7) is 0. The van der Waals surface area contributed by atoms with Crippen molar-refractivity contribution in [2.75, 3.05) is 0 Å². The largest absolute Gasteiger partial charge is 0.446 e. The molecule has 7 nitrogen and oxygen atoms in total. The highest BCUT2D eigenvalue weighted by Crippen LogP contribution is 2.29. The molecule has 0 bridgehead atoms. The second-order valence-electron chi connectivity index (χ2n) is 6.28. The van der Waals surface area contributed by atoms with E-state index in [-0.39, 0.29) is 16.9 Å². The Morgan fingerprint density at radius 3 is 2.66 bits per heavy atom. The Kier molecular flexibility index (Phi) is 4.74. The molecular weight excluding hydrogens is 377 g/mol. The smallest absolute Gasteiger partial charge is 0.355 e. The maximum atomic E-state index is 13.7. The van der Waals surface area contributed by atoms with Crippen LogP contribution >= 0.6 is 0 Å². The molecule has 0 saturated carbocycles. The van der Waals surface area contributed by atoms with Crippen LogP contribution in [0.2, 0.25) is 0 Å². The number of esters is 1. The van der Waals surface area contributed by atoms with Gasteiger partial charge in [0.05, 0.1) is 10.6 Å². The Balaban J connectivity index is 1.71. The molecule has 2 aromatic heterocycles. The van der Waals surface area contributed by atoms with Crippen LogP contribution in [0.5, 0.6) is 0 Å². The lowest BCUT2D eigenvalue weighted by Crippen LogP contribution is -2.14. The molecule has 0 aliphatic heterocycles. The molecule has 0 fully saturated rings. The van der Waals surface area contributed by atoms with Crippen molar-refractivity contribution in [2.45, 2.75) is 6.10 Å². The number of nitro benzene ring substituents is 1. The van der Waals surface area contributed by atoms with Gasteiger partial charge in [-0.25, -0.2) is 9.18 Å². The van der Waals surface area contributed by atoms with Gasteiger partial charge in [0.1, 0.15) is 17.0 Å². The van der Waals surface area contributed by atoms with Crippen molar-refractivity contribution < 1.29 is 18.8 Å². The number of nitrogens with one attached hydrogen (secondary N) is 1. The van der Waals surface area contributed by atoms with Gasteiger partial charge in [0.15, 0.2) is 6.10 Å². The van der Waals surface area contributed by atoms with Crippen LogP contribution in [0.15, 0.2) is 72.9 Å². The van der Waals surface area contributed by atoms with Gasteiger partial charge in [-0.15, -0.1) is 0 Å². The normalized spacial score (nSPS) is 11.9. The van der Waals surface area contributed by atoms with Crippen LogP contribution in [0.3, 0.4) is 0 Å². The number of rotatable bonds is 5.